The highest BCUT2D eigenvalue weighted by molar-refractivity contribution is 9.11. The number of hydrogen-bond donors (Lipinski definition) is 1. The van der Waals surface area contributed by atoms with Crippen LogP contribution in [0.2, 0.25) is 0 Å². The summed E-state index contributed by atoms with van der Waals surface area (Å²) in [4.78, 5) is 13.5. The molecule has 0 aliphatic carbocycles. The minimum Gasteiger partial charge on any atom is -0.494 e. The van der Waals surface area contributed by atoms with E-state index in [1.165, 1.54) is 0 Å². The van der Waals surface area contributed by atoms with Gasteiger partial charge in [-0.2, -0.15) is 0 Å². The Bertz CT molecular complexity index is 701. The number of ether oxygens (including phenoxy) is 2. The van der Waals surface area contributed by atoms with Gasteiger partial charge < -0.3 is 14.8 Å². The van der Waals surface area contributed by atoms with Crippen molar-refractivity contribution in [2.75, 3.05) is 13.2 Å². The summed E-state index contributed by atoms with van der Waals surface area (Å²) in [5.41, 5.74) is 1.03. The molecule has 1 aliphatic rings. The van der Waals surface area contributed by atoms with Gasteiger partial charge in [0.2, 0.25) is 5.91 Å². The van der Waals surface area contributed by atoms with E-state index in [1.807, 2.05) is 37.3 Å². The van der Waals surface area contributed by atoms with E-state index in [1.54, 1.807) is 11.3 Å². The molecule has 0 saturated carbocycles. The molecule has 1 amide bonds. The number of halogens is 1. The topological polar surface area (TPSA) is 47.6 Å². The quantitative estimate of drug-likeness (QED) is 0.837. The molecule has 0 bridgehead atoms. The van der Waals surface area contributed by atoms with Gasteiger partial charge in [0.15, 0.2) is 0 Å². The normalized spacial score (nSPS) is 16.3. The van der Waals surface area contributed by atoms with E-state index in [-0.39, 0.29) is 11.8 Å². The van der Waals surface area contributed by atoms with Crippen molar-refractivity contribution in [3.05, 3.63) is 44.6 Å². The second-order valence-corrected chi connectivity index (χ2v) is 7.89. The minimum atomic E-state index is -0.164. The van der Waals surface area contributed by atoms with Crippen LogP contribution in [-0.2, 0) is 17.8 Å². The van der Waals surface area contributed by atoms with Gasteiger partial charge in [-0.05, 0) is 65.2 Å². The van der Waals surface area contributed by atoms with Gasteiger partial charge in [0.05, 0.1) is 22.9 Å². The van der Waals surface area contributed by atoms with Crippen LogP contribution in [0.1, 0.15) is 17.4 Å². The van der Waals surface area contributed by atoms with Gasteiger partial charge >= 0.3 is 0 Å². The smallest absolute Gasteiger partial charge is 0.227 e. The van der Waals surface area contributed by atoms with Crippen molar-refractivity contribution < 1.29 is 14.3 Å². The Hall–Kier alpha value is -1.53. The average molecular weight is 396 g/mol. The van der Waals surface area contributed by atoms with Crippen LogP contribution in [0.4, 0.5) is 0 Å². The molecule has 1 aromatic carbocycles. The van der Waals surface area contributed by atoms with Crippen molar-refractivity contribution in [1.29, 1.82) is 0 Å². The molecule has 1 N–H and O–H groups in total. The second kappa shape index (κ2) is 7.36. The average Bonchev–Trinajstić information content (AvgIpc) is 2.98. The molecular weight excluding hydrogens is 378 g/mol. The summed E-state index contributed by atoms with van der Waals surface area (Å²) in [6.45, 7) is 3.55. The first-order valence-electron chi connectivity index (χ1n) is 7.56. The highest BCUT2D eigenvalue weighted by Crippen LogP contribution is 2.31. The molecule has 23 heavy (non-hydrogen) atoms. The predicted molar refractivity (Wildman–Crippen MR) is 94.2 cm³/mol. The highest BCUT2D eigenvalue weighted by Gasteiger charge is 2.26. The summed E-state index contributed by atoms with van der Waals surface area (Å²) in [6, 6.07) is 9.78. The lowest BCUT2D eigenvalue weighted by atomic mass is 9.96. The van der Waals surface area contributed by atoms with Crippen LogP contribution in [-0.4, -0.2) is 19.1 Å². The zero-order chi connectivity index (χ0) is 16.2. The Labute approximate surface area is 147 Å². The Morgan fingerprint density at radius 3 is 3.04 bits per heavy atom. The standard InChI is InChI=1S/C17H18BrNO3S/c1-2-21-13-3-5-15-11(8-13)7-12(10-22-15)17(20)19-9-14-4-6-16(18)23-14/h3-6,8,12H,2,7,9-10H2,1H3,(H,19,20). The maximum atomic E-state index is 12.4. The molecular formula is C17H18BrNO3S. The van der Waals surface area contributed by atoms with Crippen molar-refractivity contribution in [2.45, 2.75) is 19.9 Å². The fraction of sp³-hybridized carbons (Fsp3) is 0.353. The van der Waals surface area contributed by atoms with Crippen LogP contribution in [0.3, 0.4) is 0 Å². The molecule has 2 aromatic rings. The predicted octanol–water partition coefficient (Wildman–Crippen LogP) is 3.78. The second-order valence-electron chi connectivity index (χ2n) is 5.34. The van der Waals surface area contributed by atoms with Crippen molar-refractivity contribution >= 4 is 33.2 Å². The van der Waals surface area contributed by atoms with Crippen LogP contribution in [0, 0.1) is 5.92 Å². The number of carbonyl (C=O) groups is 1. The van der Waals surface area contributed by atoms with E-state index in [0.29, 0.717) is 26.2 Å². The molecule has 2 heterocycles. The molecule has 1 atom stereocenters. The Morgan fingerprint density at radius 1 is 1.43 bits per heavy atom. The molecule has 0 spiro atoms. The molecule has 0 fully saturated rings. The first-order valence-corrected chi connectivity index (χ1v) is 9.17. The van der Waals surface area contributed by atoms with E-state index in [2.05, 4.69) is 21.2 Å². The van der Waals surface area contributed by atoms with Gasteiger partial charge in [-0.25, -0.2) is 0 Å². The number of hydrogen-bond acceptors (Lipinski definition) is 4. The number of thiophene rings is 1. The fourth-order valence-corrected chi connectivity index (χ4v) is 3.98. The summed E-state index contributed by atoms with van der Waals surface area (Å²) >= 11 is 5.05. The van der Waals surface area contributed by atoms with E-state index in [9.17, 15) is 4.79 Å². The lowest BCUT2D eigenvalue weighted by molar-refractivity contribution is -0.126. The molecule has 0 saturated heterocycles. The van der Waals surface area contributed by atoms with Crippen molar-refractivity contribution in [1.82, 2.24) is 5.32 Å². The summed E-state index contributed by atoms with van der Waals surface area (Å²) in [6.07, 6.45) is 0.677. The number of fused-ring (bicyclic) bond motifs is 1. The van der Waals surface area contributed by atoms with Gasteiger partial charge in [0.25, 0.3) is 0 Å². The summed E-state index contributed by atoms with van der Waals surface area (Å²) in [5, 5.41) is 2.99. The first kappa shape index (κ1) is 16.3. The van der Waals surface area contributed by atoms with Crippen molar-refractivity contribution in [2.24, 2.45) is 5.92 Å². The van der Waals surface area contributed by atoms with Gasteiger partial charge in [-0.15, -0.1) is 11.3 Å². The summed E-state index contributed by atoms with van der Waals surface area (Å²) in [7, 11) is 0. The number of benzene rings is 1. The third-order valence-electron chi connectivity index (χ3n) is 3.69. The van der Waals surface area contributed by atoms with Crippen LogP contribution >= 0.6 is 27.3 Å². The molecule has 6 heteroatoms. The van der Waals surface area contributed by atoms with E-state index in [4.69, 9.17) is 9.47 Å². The summed E-state index contributed by atoms with van der Waals surface area (Å²) in [5.74, 6) is 1.53. The molecule has 1 aromatic heterocycles. The Balaban J connectivity index is 1.61. The third kappa shape index (κ3) is 4.06. The fourth-order valence-electron chi connectivity index (χ4n) is 2.56. The van der Waals surface area contributed by atoms with Crippen LogP contribution in [0.15, 0.2) is 34.1 Å². The maximum absolute atomic E-state index is 12.4. The number of nitrogens with one attached hydrogen (secondary N) is 1. The molecule has 1 unspecified atom stereocenters. The highest BCUT2D eigenvalue weighted by atomic mass is 79.9. The van der Waals surface area contributed by atoms with Crippen LogP contribution < -0.4 is 14.8 Å². The molecule has 1 aliphatic heterocycles. The first-order chi connectivity index (χ1) is 11.2. The van der Waals surface area contributed by atoms with Gasteiger partial charge in [0.1, 0.15) is 18.1 Å². The zero-order valence-electron chi connectivity index (χ0n) is 12.8. The molecule has 3 rings (SSSR count). The number of amides is 1. The SMILES string of the molecule is CCOc1ccc2c(c1)CC(C(=O)NCc1ccc(Br)s1)CO2. The van der Waals surface area contributed by atoms with E-state index >= 15 is 0 Å². The Morgan fingerprint density at radius 2 is 2.30 bits per heavy atom. The van der Waals surface area contributed by atoms with Gasteiger partial charge in [-0.1, -0.05) is 0 Å². The third-order valence-corrected chi connectivity index (χ3v) is 5.31. The Kier molecular flexibility index (Phi) is 5.23. The largest absolute Gasteiger partial charge is 0.494 e. The van der Waals surface area contributed by atoms with Crippen molar-refractivity contribution in [3.63, 3.8) is 0 Å². The number of carbonyl (C=O) groups excluding carboxylic acids is 1. The van der Waals surface area contributed by atoms with Gasteiger partial charge in [0, 0.05) is 4.88 Å². The van der Waals surface area contributed by atoms with Crippen molar-refractivity contribution in [3.8, 4) is 11.5 Å². The van der Waals surface area contributed by atoms with Crippen LogP contribution in [0.25, 0.3) is 0 Å². The molecule has 4 nitrogen and oxygen atoms in total. The minimum absolute atomic E-state index is 0.0296. The lowest BCUT2D eigenvalue weighted by Gasteiger charge is -2.25. The van der Waals surface area contributed by atoms with Crippen LogP contribution in [0.5, 0.6) is 11.5 Å². The van der Waals surface area contributed by atoms with Gasteiger partial charge in [-0.3, -0.25) is 4.79 Å². The maximum Gasteiger partial charge on any atom is 0.227 e. The van der Waals surface area contributed by atoms with E-state index in [0.717, 1.165) is 25.7 Å². The molecule has 0 radical (unpaired) electrons. The zero-order valence-corrected chi connectivity index (χ0v) is 15.2. The summed E-state index contributed by atoms with van der Waals surface area (Å²) < 4.78 is 12.3. The monoisotopic (exact) mass is 395 g/mol. The number of rotatable bonds is 5. The molecule has 122 valence electrons. The lowest BCUT2D eigenvalue weighted by Crippen LogP contribution is -2.36. The van der Waals surface area contributed by atoms with E-state index < -0.39 is 0 Å².